The molecule has 16 heavy (non-hydrogen) atoms. The molecule has 1 rings (SSSR count). The molecule has 1 aliphatic rings. The first-order valence-corrected chi connectivity index (χ1v) is 6.21. The van der Waals surface area contributed by atoms with Gasteiger partial charge < -0.3 is 15.4 Å². The molecule has 1 unspecified atom stereocenters. The lowest BCUT2D eigenvalue weighted by atomic mass is 10.2. The van der Waals surface area contributed by atoms with E-state index in [2.05, 4.69) is 24.5 Å². The average molecular weight is 228 g/mol. The standard InChI is InChI=1S/C12H24N2O2/c1-9(2)8-16-7-6-13-10(3)12(15)14-11-4-5-11/h9-11,13H,4-8H2,1-3H3,(H,14,15). The Labute approximate surface area is 98.1 Å². The SMILES string of the molecule is CC(C)COCCNC(C)C(=O)NC1CC1. The van der Waals surface area contributed by atoms with Crippen LogP contribution in [0.1, 0.15) is 33.6 Å². The van der Waals surface area contributed by atoms with Crippen LogP contribution < -0.4 is 10.6 Å². The van der Waals surface area contributed by atoms with Crippen molar-refractivity contribution in [1.82, 2.24) is 10.6 Å². The summed E-state index contributed by atoms with van der Waals surface area (Å²) in [5.41, 5.74) is 0. The minimum atomic E-state index is -0.122. The smallest absolute Gasteiger partial charge is 0.237 e. The first kappa shape index (κ1) is 13.5. The quantitative estimate of drug-likeness (QED) is 0.607. The Bertz CT molecular complexity index is 215. The Kier molecular flexibility index (Phi) is 5.77. The van der Waals surface area contributed by atoms with Gasteiger partial charge in [0.2, 0.25) is 5.91 Å². The van der Waals surface area contributed by atoms with Crippen LogP contribution in [-0.2, 0) is 9.53 Å². The average Bonchev–Trinajstić information content (AvgIpc) is 3.00. The zero-order valence-corrected chi connectivity index (χ0v) is 10.6. The molecule has 0 spiro atoms. The van der Waals surface area contributed by atoms with Gasteiger partial charge in [-0.05, 0) is 25.7 Å². The molecule has 0 radical (unpaired) electrons. The lowest BCUT2D eigenvalue weighted by Gasteiger charge is -2.14. The van der Waals surface area contributed by atoms with Crippen molar-refractivity contribution in [3.8, 4) is 0 Å². The predicted molar refractivity (Wildman–Crippen MR) is 64.3 cm³/mol. The van der Waals surface area contributed by atoms with Crippen molar-refractivity contribution in [2.24, 2.45) is 5.92 Å². The van der Waals surface area contributed by atoms with Crippen LogP contribution in [0, 0.1) is 5.92 Å². The van der Waals surface area contributed by atoms with E-state index in [0.717, 1.165) is 26.0 Å². The molecule has 0 aliphatic heterocycles. The summed E-state index contributed by atoms with van der Waals surface area (Å²) in [4.78, 5) is 11.6. The second-order valence-corrected chi connectivity index (χ2v) is 4.93. The molecule has 4 nitrogen and oxygen atoms in total. The second-order valence-electron chi connectivity index (χ2n) is 4.93. The molecular weight excluding hydrogens is 204 g/mol. The fourth-order valence-corrected chi connectivity index (χ4v) is 1.31. The molecule has 0 aromatic heterocycles. The number of carbonyl (C=O) groups excluding carboxylic acids is 1. The van der Waals surface area contributed by atoms with Gasteiger partial charge in [0.15, 0.2) is 0 Å². The number of ether oxygens (including phenoxy) is 1. The molecule has 2 N–H and O–H groups in total. The summed E-state index contributed by atoms with van der Waals surface area (Å²) in [7, 11) is 0. The van der Waals surface area contributed by atoms with Crippen molar-refractivity contribution in [2.45, 2.75) is 45.7 Å². The third-order valence-corrected chi connectivity index (χ3v) is 2.47. The highest BCUT2D eigenvalue weighted by Gasteiger charge is 2.25. The van der Waals surface area contributed by atoms with Crippen LogP contribution in [0.3, 0.4) is 0 Å². The van der Waals surface area contributed by atoms with Crippen molar-refractivity contribution < 1.29 is 9.53 Å². The van der Waals surface area contributed by atoms with E-state index >= 15 is 0 Å². The molecule has 1 saturated carbocycles. The Balaban J connectivity index is 1.96. The molecule has 0 aromatic carbocycles. The van der Waals surface area contributed by atoms with Gasteiger partial charge in [-0.25, -0.2) is 0 Å². The van der Waals surface area contributed by atoms with Crippen LogP contribution in [0.2, 0.25) is 0 Å². The fraction of sp³-hybridized carbons (Fsp3) is 0.917. The largest absolute Gasteiger partial charge is 0.380 e. The normalized spacial score (nSPS) is 17.5. The minimum absolute atomic E-state index is 0.103. The molecule has 1 amide bonds. The summed E-state index contributed by atoms with van der Waals surface area (Å²) in [6, 6.07) is 0.317. The number of hydrogen-bond donors (Lipinski definition) is 2. The first-order valence-electron chi connectivity index (χ1n) is 6.21. The molecule has 0 heterocycles. The lowest BCUT2D eigenvalue weighted by molar-refractivity contribution is -0.122. The van der Waals surface area contributed by atoms with Crippen LogP contribution in [0.5, 0.6) is 0 Å². The van der Waals surface area contributed by atoms with Gasteiger partial charge >= 0.3 is 0 Å². The van der Waals surface area contributed by atoms with E-state index in [-0.39, 0.29) is 11.9 Å². The molecule has 1 atom stereocenters. The number of rotatable bonds is 8. The number of carbonyl (C=O) groups is 1. The molecule has 4 heteroatoms. The van der Waals surface area contributed by atoms with E-state index in [0.29, 0.717) is 18.6 Å². The van der Waals surface area contributed by atoms with Crippen LogP contribution in [-0.4, -0.2) is 37.7 Å². The van der Waals surface area contributed by atoms with Gasteiger partial charge in [-0.3, -0.25) is 4.79 Å². The van der Waals surface area contributed by atoms with Gasteiger partial charge in [-0.2, -0.15) is 0 Å². The monoisotopic (exact) mass is 228 g/mol. The van der Waals surface area contributed by atoms with Crippen LogP contribution in [0.4, 0.5) is 0 Å². The minimum Gasteiger partial charge on any atom is -0.380 e. The maximum absolute atomic E-state index is 11.6. The Morgan fingerprint density at radius 1 is 1.38 bits per heavy atom. The zero-order chi connectivity index (χ0) is 12.0. The molecule has 0 aromatic rings. The highest BCUT2D eigenvalue weighted by Crippen LogP contribution is 2.18. The first-order chi connectivity index (χ1) is 7.59. The summed E-state index contributed by atoms with van der Waals surface area (Å²) in [5.74, 6) is 0.668. The van der Waals surface area contributed by atoms with E-state index in [1.54, 1.807) is 0 Å². The maximum atomic E-state index is 11.6. The third kappa shape index (κ3) is 6.08. The number of amides is 1. The van der Waals surface area contributed by atoms with E-state index < -0.39 is 0 Å². The summed E-state index contributed by atoms with van der Waals surface area (Å²) >= 11 is 0. The van der Waals surface area contributed by atoms with Crippen LogP contribution in [0.25, 0.3) is 0 Å². The van der Waals surface area contributed by atoms with Gasteiger partial charge in [0, 0.05) is 19.2 Å². The van der Waals surface area contributed by atoms with E-state index in [1.807, 2.05) is 6.92 Å². The second kappa shape index (κ2) is 6.86. The van der Waals surface area contributed by atoms with E-state index in [1.165, 1.54) is 0 Å². The maximum Gasteiger partial charge on any atom is 0.237 e. The zero-order valence-electron chi connectivity index (χ0n) is 10.6. The van der Waals surface area contributed by atoms with Gasteiger partial charge in [0.25, 0.3) is 0 Å². The van der Waals surface area contributed by atoms with Gasteiger partial charge in [0.1, 0.15) is 0 Å². The predicted octanol–water partition coefficient (Wildman–Crippen LogP) is 0.916. The van der Waals surface area contributed by atoms with E-state index in [4.69, 9.17) is 4.74 Å². The molecule has 94 valence electrons. The van der Waals surface area contributed by atoms with Crippen molar-refractivity contribution in [3.63, 3.8) is 0 Å². The Morgan fingerprint density at radius 2 is 2.06 bits per heavy atom. The van der Waals surface area contributed by atoms with Gasteiger partial charge in [0.05, 0.1) is 12.6 Å². The topological polar surface area (TPSA) is 50.4 Å². The van der Waals surface area contributed by atoms with Crippen molar-refractivity contribution in [2.75, 3.05) is 19.8 Å². The lowest BCUT2D eigenvalue weighted by Crippen LogP contribution is -2.44. The van der Waals surface area contributed by atoms with Crippen LogP contribution >= 0.6 is 0 Å². The fourth-order valence-electron chi connectivity index (χ4n) is 1.31. The molecular formula is C12H24N2O2. The van der Waals surface area contributed by atoms with E-state index in [9.17, 15) is 4.79 Å². The van der Waals surface area contributed by atoms with Gasteiger partial charge in [-0.1, -0.05) is 13.8 Å². The van der Waals surface area contributed by atoms with Crippen molar-refractivity contribution in [3.05, 3.63) is 0 Å². The molecule has 1 fully saturated rings. The van der Waals surface area contributed by atoms with Crippen molar-refractivity contribution >= 4 is 5.91 Å². The molecule has 0 saturated heterocycles. The highest BCUT2D eigenvalue weighted by atomic mass is 16.5. The number of nitrogens with one attached hydrogen (secondary N) is 2. The third-order valence-electron chi connectivity index (χ3n) is 2.47. The van der Waals surface area contributed by atoms with Gasteiger partial charge in [-0.15, -0.1) is 0 Å². The number of hydrogen-bond acceptors (Lipinski definition) is 3. The van der Waals surface area contributed by atoms with Crippen LogP contribution in [0.15, 0.2) is 0 Å². The molecule has 1 aliphatic carbocycles. The molecule has 0 bridgehead atoms. The summed E-state index contributed by atoms with van der Waals surface area (Å²) in [6.07, 6.45) is 2.27. The Hall–Kier alpha value is -0.610. The summed E-state index contributed by atoms with van der Waals surface area (Å²) in [6.45, 7) is 8.31. The summed E-state index contributed by atoms with van der Waals surface area (Å²) < 4.78 is 5.42. The van der Waals surface area contributed by atoms with Crippen molar-refractivity contribution in [1.29, 1.82) is 0 Å². The summed E-state index contributed by atoms with van der Waals surface area (Å²) in [5, 5.41) is 6.12. The highest BCUT2D eigenvalue weighted by molar-refractivity contribution is 5.81. The Morgan fingerprint density at radius 3 is 2.62 bits per heavy atom.